The summed E-state index contributed by atoms with van der Waals surface area (Å²) in [5.74, 6) is 0.237. The number of benzene rings is 1. The minimum atomic E-state index is -0.298. The van der Waals surface area contributed by atoms with Crippen LogP contribution in [-0.2, 0) is 9.59 Å². The van der Waals surface area contributed by atoms with Crippen molar-refractivity contribution in [2.24, 2.45) is 5.92 Å². The van der Waals surface area contributed by atoms with Gasteiger partial charge in [-0.3, -0.25) is 14.6 Å². The number of rotatable bonds is 5. The molecule has 1 aliphatic carbocycles. The third-order valence-corrected chi connectivity index (χ3v) is 6.15. The molecule has 7 nitrogen and oxygen atoms in total. The average molecular weight is 409 g/mol. The van der Waals surface area contributed by atoms with Gasteiger partial charge in [0.25, 0.3) is 0 Å². The lowest BCUT2D eigenvalue weighted by Gasteiger charge is -2.29. The highest BCUT2D eigenvalue weighted by atomic mass is 16.5. The quantitative estimate of drug-likeness (QED) is 0.822. The van der Waals surface area contributed by atoms with Gasteiger partial charge in [0.05, 0.1) is 12.1 Å². The normalized spacial score (nSPS) is 24.0. The van der Waals surface area contributed by atoms with Gasteiger partial charge in [-0.2, -0.15) is 0 Å². The second-order valence-corrected chi connectivity index (χ2v) is 8.32. The van der Waals surface area contributed by atoms with Crippen LogP contribution in [0.15, 0.2) is 36.8 Å². The maximum Gasteiger partial charge on any atom is 0.232 e. The molecule has 4 rings (SSSR count). The Morgan fingerprint density at radius 1 is 1.13 bits per heavy atom. The molecule has 1 unspecified atom stereocenters. The van der Waals surface area contributed by atoms with Gasteiger partial charge in [-0.25, -0.2) is 4.98 Å². The summed E-state index contributed by atoms with van der Waals surface area (Å²) >= 11 is 0. The fourth-order valence-electron chi connectivity index (χ4n) is 4.19. The third-order valence-electron chi connectivity index (χ3n) is 6.15. The summed E-state index contributed by atoms with van der Waals surface area (Å²) in [5.41, 5.74) is 3.22. The van der Waals surface area contributed by atoms with E-state index >= 15 is 0 Å². The molecule has 2 heterocycles. The van der Waals surface area contributed by atoms with Crippen LogP contribution >= 0.6 is 0 Å². The third kappa shape index (κ3) is 4.61. The summed E-state index contributed by atoms with van der Waals surface area (Å²) in [6.45, 7) is 4.53. The molecule has 1 saturated heterocycles. The van der Waals surface area contributed by atoms with Gasteiger partial charge >= 0.3 is 0 Å². The van der Waals surface area contributed by atoms with Crippen molar-refractivity contribution < 1.29 is 14.3 Å². The first kappa shape index (κ1) is 20.3. The van der Waals surface area contributed by atoms with Crippen molar-refractivity contribution in [2.45, 2.75) is 58.1 Å². The summed E-state index contributed by atoms with van der Waals surface area (Å²) in [4.78, 5) is 35.2. The van der Waals surface area contributed by atoms with E-state index in [9.17, 15) is 9.59 Å². The van der Waals surface area contributed by atoms with Crippen LogP contribution in [0.1, 0.15) is 43.2 Å². The van der Waals surface area contributed by atoms with E-state index < -0.39 is 0 Å². The number of aromatic nitrogens is 2. The Kier molecular flexibility index (Phi) is 5.97. The summed E-state index contributed by atoms with van der Waals surface area (Å²) in [7, 11) is 0. The van der Waals surface area contributed by atoms with Crippen LogP contribution in [0.4, 0.5) is 5.69 Å². The lowest BCUT2D eigenvalue weighted by molar-refractivity contribution is -0.127. The van der Waals surface area contributed by atoms with Gasteiger partial charge in [-0.05, 0) is 62.8 Å². The van der Waals surface area contributed by atoms with E-state index in [1.807, 2.05) is 32.0 Å². The Hall–Kier alpha value is -2.96. The molecule has 1 saturated carbocycles. The van der Waals surface area contributed by atoms with Crippen LogP contribution < -0.4 is 15.0 Å². The van der Waals surface area contributed by atoms with Crippen molar-refractivity contribution in [1.82, 2.24) is 15.3 Å². The second kappa shape index (κ2) is 8.81. The number of ether oxygens (including phenoxy) is 1. The van der Waals surface area contributed by atoms with E-state index in [-0.39, 0.29) is 36.3 Å². The number of anilines is 1. The first-order valence-corrected chi connectivity index (χ1v) is 10.6. The number of carbonyl (C=O) groups is 2. The highest BCUT2D eigenvalue weighted by Crippen LogP contribution is 2.28. The first-order chi connectivity index (χ1) is 14.5. The van der Waals surface area contributed by atoms with Gasteiger partial charge in [-0.1, -0.05) is 6.07 Å². The Morgan fingerprint density at radius 3 is 2.63 bits per heavy atom. The van der Waals surface area contributed by atoms with Gasteiger partial charge in [0.2, 0.25) is 17.7 Å². The molecule has 1 N–H and O–H groups in total. The van der Waals surface area contributed by atoms with Crippen molar-refractivity contribution in [2.75, 3.05) is 11.4 Å². The van der Waals surface area contributed by atoms with Gasteiger partial charge in [0.15, 0.2) is 0 Å². The van der Waals surface area contributed by atoms with Gasteiger partial charge in [0, 0.05) is 37.1 Å². The number of nitrogens with zero attached hydrogens (tertiary/aromatic N) is 3. The molecule has 7 heteroatoms. The van der Waals surface area contributed by atoms with Crippen LogP contribution in [0.25, 0.3) is 0 Å². The summed E-state index contributed by atoms with van der Waals surface area (Å²) in [6.07, 6.45) is 8.66. The van der Waals surface area contributed by atoms with Crippen molar-refractivity contribution in [1.29, 1.82) is 0 Å². The van der Waals surface area contributed by atoms with Gasteiger partial charge < -0.3 is 15.0 Å². The SMILES string of the molecule is Cc1ccc(N2CC(C(=O)NC3CCC(Oc4cnccn4)CC3)CC2=O)cc1C. The molecule has 0 bridgehead atoms. The van der Waals surface area contributed by atoms with Crippen molar-refractivity contribution in [3.05, 3.63) is 47.9 Å². The molecule has 30 heavy (non-hydrogen) atoms. The molecule has 2 amide bonds. The largest absolute Gasteiger partial charge is 0.473 e. The molecule has 1 aromatic heterocycles. The number of nitrogens with one attached hydrogen (secondary N) is 1. The molecule has 0 spiro atoms. The first-order valence-electron chi connectivity index (χ1n) is 10.6. The number of carbonyl (C=O) groups excluding carboxylic acids is 2. The van der Waals surface area contributed by atoms with E-state index in [2.05, 4.69) is 15.3 Å². The Morgan fingerprint density at radius 2 is 1.93 bits per heavy atom. The van der Waals surface area contributed by atoms with Crippen LogP contribution in [0.2, 0.25) is 0 Å². The summed E-state index contributed by atoms with van der Waals surface area (Å²) < 4.78 is 5.87. The maximum absolute atomic E-state index is 12.8. The monoisotopic (exact) mass is 408 g/mol. The smallest absolute Gasteiger partial charge is 0.232 e. The van der Waals surface area contributed by atoms with E-state index in [1.165, 1.54) is 5.56 Å². The zero-order chi connectivity index (χ0) is 21.1. The molecular formula is C23H28N4O3. The van der Waals surface area contributed by atoms with Crippen LogP contribution in [0.3, 0.4) is 0 Å². The van der Waals surface area contributed by atoms with E-state index in [0.717, 1.165) is 36.9 Å². The van der Waals surface area contributed by atoms with Crippen LogP contribution in [0, 0.1) is 19.8 Å². The van der Waals surface area contributed by atoms with Crippen LogP contribution in [-0.4, -0.2) is 40.5 Å². The highest BCUT2D eigenvalue weighted by molar-refractivity contribution is 6.00. The predicted octanol–water partition coefficient (Wildman–Crippen LogP) is 2.95. The maximum atomic E-state index is 12.8. The van der Waals surface area contributed by atoms with Crippen LogP contribution in [0.5, 0.6) is 5.88 Å². The Bertz CT molecular complexity index is 910. The highest BCUT2D eigenvalue weighted by Gasteiger charge is 2.36. The number of aryl methyl sites for hydroxylation is 2. The minimum Gasteiger partial charge on any atom is -0.473 e. The lowest BCUT2D eigenvalue weighted by Crippen LogP contribution is -2.43. The molecule has 2 aromatic rings. The zero-order valence-corrected chi connectivity index (χ0v) is 17.5. The minimum absolute atomic E-state index is 0.0134. The van der Waals surface area contributed by atoms with Gasteiger partial charge in [0.1, 0.15) is 6.10 Å². The summed E-state index contributed by atoms with van der Waals surface area (Å²) in [5, 5.41) is 3.16. The topological polar surface area (TPSA) is 84.4 Å². The predicted molar refractivity (Wildman–Crippen MR) is 113 cm³/mol. The average Bonchev–Trinajstić information content (AvgIpc) is 3.14. The van der Waals surface area contributed by atoms with Crippen molar-refractivity contribution in [3.8, 4) is 5.88 Å². The molecule has 1 aromatic carbocycles. The molecule has 1 aliphatic heterocycles. The standard InChI is InChI=1S/C23H28N4O3/c1-15-3-6-19(11-16(15)2)27-14-17(12-22(27)28)23(29)26-18-4-7-20(8-5-18)30-21-13-24-9-10-25-21/h3,6,9-11,13,17-18,20H,4-5,7-8,12,14H2,1-2H3,(H,26,29). The van der Waals surface area contributed by atoms with E-state index in [1.54, 1.807) is 23.5 Å². The molecule has 0 radical (unpaired) electrons. The Labute approximate surface area is 176 Å². The summed E-state index contributed by atoms with van der Waals surface area (Å²) in [6, 6.07) is 6.13. The molecule has 158 valence electrons. The number of hydrogen-bond donors (Lipinski definition) is 1. The molecule has 2 aliphatic rings. The Balaban J connectivity index is 1.27. The fraction of sp³-hybridized carbons (Fsp3) is 0.478. The fourth-order valence-corrected chi connectivity index (χ4v) is 4.19. The molecule has 2 fully saturated rings. The molecular weight excluding hydrogens is 380 g/mol. The lowest BCUT2D eigenvalue weighted by atomic mass is 9.92. The van der Waals surface area contributed by atoms with Gasteiger partial charge in [-0.15, -0.1) is 0 Å². The van der Waals surface area contributed by atoms with Crippen molar-refractivity contribution >= 4 is 17.5 Å². The second-order valence-electron chi connectivity index (χ2n) is 8.32. The molecule has 1 atom stereocenters. The van der Waals surface area contributed by atoms with E-state index in [4.69, 9.17) is 4.74 Å². The zero-order valence-electron chi connectivity index (χ0n) is 17.5. The van der Waals surface area contributed by atoms with Crippen molar-refractivity contribution in [3.63, 3.8) is 0 Å². The number of hydrogen-bond acceptors (Lipinski definition) is 5. The van der Waals surface area contributed by atoms with E-state index in [0.29, 0.717) is 12.4 Å². The number of amides is 2.